The molecule has 2 atom stereocenters. The van der Waals surface area contributed by atoms with Crippen LogP contribution in [0.4, 0.5) is 14.5 Å². The summed E-state index contributed by atoms with van der Waals surface area (Å²) in [7, 11) is 0. The second kappa shape index (κ2) is 8.96. The predicted octanol–water partition coefficient (Wildman–Crippen LogP) is 4.49. The first-order valence-corrected chi connectivity index (χ1v) is 8.30. The Morgan fingerprint density at radius 2 is 1.85 bits per heavy atom. The average molecular weight is 383 g/mol. The van der Waals surface area contributed by atoms with Gasteiger partial charge in [-0.3, -0.25) is 4.79 Å². The first-order chi connectivity index (χ1) is 12.1. The molecule has 3 N–H and O–H groups in total. The van der Waals surface area contributed by atoms with Crippen molar-refractivity contribution in [3.05, 3.63) is 54.1 Å². The topological polar surface area (TPSA) is 64.4 Å². The van der Waals surface area contributed by atoms with Crippen LogP contribution in [-0.2, 0) is 4.79 Å². The van der Waals surface area contributed by atoms with Crippen LogP contribution in [-0.4, -0.2) is 12.5 Å². The molecule has 3 rings (SSSR count). The first kappa shape index (κ1) is 20.1. The molecule has 1 fully saturated rings. The monoisotopic (exact) mass is 382 g/mol. The lowest BCUT2D eigenvalue weighted by Crippen LogP contribution is -2.29. The second-order valence-electron chi connectivity index (χ2n) is 6.23. The first-order valence-electron chi connectivity index (χ1n) is 8.30. The quantitative estimate of drug-likeness (QED) is 0.800. The number of rotatable bonds is 5. The molecule has 1 aliphatic carbocycles. The van der Waals surface area contributed by atoms with Crippen molar-refractivity contribution >= 4 is 24.0 Å². The van der Waals surface area contributed by atoms with Crippen LogP contribution >= 0.6 is 12.4 Å². The highest BCUT2D eigenvalue weighted by atomic mass is 35.5. The summed E-state index contributed by atoms with van der Waals surface area (Å²) in [5.74, 6) is -1.14. The average Bonchev–Trinajstić information content (AvgIpc) is 3.04. The van der Waals surface area contributed by atoms with Gasteiger partial charge >= 0.3 is 0 Å². The minimum absolute atomic E-state index is 0. The van der Waals surface area contributed by atoms with E-state index in [4.69, 9.17) is 10.5 Å². The van der Waals surface area contributed by atoms with Crippen LogP contribution in [0.1, 0.15) is 19.3 Å². The maximum absolute atomic E-state index is 13.3. The Hall–Kier alpha value is -2.18. The van der Waals surface area contributed by atoms with Gasteiger partial charge in [-0.05, 0) is 37.4 Å². The van der Waals surface area contributed by atoms with Crippen molar-refractivity contribution in [3.63, 3.8) is 0 Å². The molecule has 0 saturated heterocycles. The number of carbonyl (C=O) groups excluding carboxylic acids is 1. The summed E-state index contributed by atoms with van der Waals surface area (Å²) >= 11 is 0. The molecule has 4 nitrogen and oxygen atoms in total. The number of hydrogen-bond donors (Lipinski definition) is 2. The maximum Gasteiger partial charge on any atom is 0.227 e. The number of amides is 1. The maximum atomic E-state index is 13.3. The number of halogens is 3. The zero-order chi connectivity index (χ0) is 17.8. The van der Waals surface area contributed by atoms with E-state index in [0.717, 1.165) is 37.5 Å². The van der Waals surface area contributed by atoms with Gasteiger partial charge in [-0.15, -0.1) is 12.4 Å². The Bertz CT molecular complexity index is 753. The summed E-state index contributed by atoms with van der Waals surface area (Å²) in [6.45, 7) is 0.485. The van der Waals surface area contributed by atoms with Crippen molar-refractivity contribution in [3.8, 4) is 11.5 Å². The number of para-hydroxylation sites is 2. The molecule has 2 aromatic carbocycles. The minimum Gasteiger partial charge on any atom is -0.455 e. The Labute approximate surface area is 157 Å². The smallest absolute Gasteiger partial charge is 0.227 e. The lowest BCUT2D eigenvalue weighted by Gasteiger charge is -2.19. The predicted molar refractivity (Wildman–Crippen MR) is 98.6 cm³/mol. The zero-order valence-electron chi connectivity index (χ0n) is 14.1. The molecule has 0 aliphatic heterocycles. The van der Waals surface area contributed by atoms with Gasteiger partial charge in [0.1, 0.15) is 17.4 Å². The molecule has 7 heteroatoms. The van der Waals surface area contributed by atoms with Crippen molar-refractivity contribution in [2.24, 2.45) is 17.6 Å². The van der Waals surface area contributed by atoms with E-state index in [1.54, 1.807) is 24.3 Å². The van der Waals surface area contributed by atoms with E-state index < -0.39 is 11.6 Å². The SMILES string of the molecule is Cl.NC[C@H]1CCC[C@H]1C(=O)Nc1ccccc1Oc1cc(F)cc(F)c1. The summed E-state index contributed by atoms with van der Waals surface area (Å²) in [5, 5.41) is 2.86. The summed E-state index contributed by atoms with van der Waals surface area (Å²) in [6.07, 6.45) is 2.75. The van der Waals surface area contributed by atoms with Crippen LogP contribution < -0.4 is 15.8 Å². The zero-order valence-corrected chi connectivity index (χ0v) is 14.9. The van der Waals surface area contributed by atoms with Gasteiger partial charge in [0.2, 0.25) is 5.91 Å². The number of nitrogens with one attached hydrogen (secondary N) is 1. The van der Waals surface area contributed by atoms with Crippen molar-refractivity contribution < 1.29 is 18.3 Å². The van der Waals surface area contributed by atoms with Crippen molar-refractivity contribution in [2.45, 2.75) is 19.3 Å². The van der Waals surface area contributed by atoms with Gasteiger partial charge in [0.25, 0.3) is 0 Å². The van der Waals surface area contributed by atoms with E-state index in [1.807, 2.05) is 0 Å². The molecule has 0 aromatic heterocycles. The Balaban J connectivity index is 0.00000243. The minimum atomic E-state index is -0.728. The van der Waals surface area contributed by atoms with Crippen LogP contribution in [0.25, 0.3) is 0 Å². The lowest BCUT2D eigenvalue weighted by atomic mass is 9.95. The molecular weight excluding hydrogens is 362 g/mol. The summed E-state index contributed by atoms with van der Waals surface area (Å²) in [5.41, 5.74) is 6.20. The molecule has 1 amide bonds. The highest BCUT2D eigenvalue weighted by molar-refractivity contribution is 5.94. The van der Waals surface area contributed by atoms with Crippen molar-refractivity contribution in [1.29, 1.82) is 0 Å². The van der Waals surface area contributed by atoms with Gasteiger partial charge in [0, 0.05) is 24.1 Å². The number of anilines is 1. The third kappa shape index (κ3) is 4.71. The van der Waals surface area contributed by atoms with Crippen LogP contribution in [0.3, 0.4) is 0 Å². The number of ether oxygens (including phenoxy) is 1. The van der Waals surface area contributed by atoms with Crippen molar-refractivity contribution in [2.75, 3.05) is 11.9 Å². The fourth-order valence-corrected chi connectivity index (χ4v) is 3.26. The van der Waals surface area contributed by atoms with Gasteiger partial charge in [0.05, 0.1) is 5.69 Å². The van der Waals surface area contributed by atoms with Crippen LogP contribution in [0.2, 0.25) is 0 Å². The Morgan fingerprint density at radius 3 is 2.54 bits per heavy atom. The summed E-state index contributed by atoms with van der Waals surface area (Å²) in [6, 6.07) is 9.74. The molecule has 1 saturated carbocycles. The molecule has 0 unspecified atom stereocenters. The molecule has 1 aliphatic rings. The molecule has 2 aromatic rings. The molecule has 140 valence electrons. The van der Waals surface area contributed by atoms with E-state index >= 15 is 0 Å². The van der Waals surface area contributed by atoms with Crippen LogP contribution in [0.5, 0.6) is 11.5 Å². The number of carbonyl (C=O) groups is 1. The number of benzene rings is 2. The summed E-state index contributed by atoms with van der Waals surface area (Å²) < 4.78 is 32.2. The van der Waals surface area contributed by atoms with E-state index in [0.29, 0.717) is 18.0 Å². The van der Waals surface area contributed by atoms with Gasteiger partial charge in [-0.1, -0.05) is 18.6 Å². The number of hydrogen-bond acceptors (Lipinski definition) is 3. The van der Waals surface area contributed by atoms with Crippen LogP contribution in [0.15, 0.2) is 42.5 Å². The molecule has 0 bridgehead atoms. The Kier molecular flexibility index (Phi) is 6.94. The normalized spacial score (nSPS) is 18.9. The highest BCUT2D eigenvalue weighted by Crippen LogP contribution is 2.34. The van der Waals surface area contributed by atoms with Crippen LogP contribution in [0, 0.1) is 23.5 Å². The largest absolute Gasteiger partial charge is 0.455 e. The number of nitrogens with two attached hydrogens (primary N) is 1. The fourth-order valence-electron chi connectivity index (χ4n) is 3.26. The van der Waals surface area contributed by atoms with Crippen molar-refractivity contribution in [1.82, 2.24) is 0 Å². The molecule has 0 heterocycles. The van der Waals surface area contributed by atoms with Gasteiger partial charge < -0.3 is 15.8 Å². The third-order valence-electron chi connectivity index (χ3n) is 4.51. The van der Waals surface area contributed by atoms with E-state index in [-0.39, 0.29) is 35.9 Å². The summed E-state index contributed by atoms with van der Waals surface area (Å²) in [4.78, 5) is 12.6. The van der Waals surface area contributed by atoms with Gasteiger partial charge in [-0.25, -0.2) is 8.78 Å². The molecular formula is C19H21ClF2N2O2. The molecule has 0 radical (unpaired) electrons. The second-order valence-corrected chi connectivity index (χ2v) is 6.23. The van der Waals surface area contributed by atoms with Gasteiger partial charge in [-0.2, -0.15) is 0 Å². The molecule has 0 spiro atoms. The van der Waals surface area contributed by atoms with E-state index in [1.165, 1.54) is 0 Å². The standard InChI is InChI=1S/C19H20F2N2O2.ClH/c20-13-8-14(21)10-15(9-13)25-18-7-2-1-6-17(18)23-19(24)16-5-3-4-12(16)11-22;/h1-2,6-10,12,16H,3-5,11,22H2,(H,23,24);1H/t12-,16-;/m1./s1. The molecule has 26 heavy (non-hydrogen) atoms. The fraction of sp³-hybridized carbons (Fsp3) is 0.316. The van der Waals surface area contributed by atoms with Gasteiger partial charge in [0.15, 0.2) is 5.75 Å². The lowest BCUT2D eigenvalue weighted by molar-refractivity contribution is -0.120. The van der Waals surface area contributed by atoms with E-state index in [2.05, 4.69) is 5.32 Å². The van der Waals surface area contributed by atoms with E-state index in [9.17, 15) is 13.6 Å². The third-order valence-corrected chi connectivity index (χ3v) is 4.51. The Morgan fingerprint density at radius 1 is 1.15 bits per heavy atom. The highest BCUT2D eigenvalue weighted by Gasteiger charge is 2.32.